The van der Waals surface area contributed by atoms with Gasteiger partial charge in [0, 0.05) is 5.69 Å². The first-order chi connectivity index (χ1) is 20.4. The number of nitrogens with one attached hydrogen (secondary N) is 2. The molecule has 5 aromatic rings. The number of rotatable bonds is 11. The van der Waals surface area contributed by atoms with Crippen molar-refractivity contribution in [2.24, 2.45) is 5.10 Å². The Bertz CT molecular complexity index is 1720. The van der Waals surface area contributed by atoms with Crippen LogP contribution < -0.4 is 25.9 Å². The minimum atomic E-state index is -0.596. The van der Waals surface area contributed by atoms with Gasteiger partial charge in [-0.15, -0.1) is 5.10 Å². The summed E-state index contributed by atoms with van der Waals surface area (Å²) in [6, 6.07) is 21.1. The number of carbonyl (C=O) groups is 1. The number of amides is 1. The number of carbonyl (C=O) groups excluding carboxylic acids is 1. The van der Waals surface area contributed by atoms with Gasteiger partial charge in [0.2, 0.25) is 11.6 Å². The molecule has 0 unspecified atom stereocenters. The summed E-state index contributed by atoms with van der Waals surface area (Å²) in [7, 11) is 1.55. The summed E-state index contributed by atoms with van der Waals surface area (Å²) in [5.41, 5.74) is 12.4. The van der Waals surface area contributed by atoms with E-state index in [2.05, 4.69) is 58.5 Å². The van der Waals surface area contributed by atoms with Crippen LogP contribution in [-0.2, 0) is 13.2 Å². The number of nitrogens with two attached hydrogens (primary N) is 1. The van der Waals surface area contributed by atoms with E-state index in [4.69, 9.17) is 19.8 Å². The lowest BCUT2D eigenvalue weighted by molar-refractivity contribution is 0.0949. The second kappa shape index (κ2) is 13.0. The molecule has 0 radical (unpaired) electrons. The highest BCUT2D eigenvalue weighted by Gasteiger charge is 2.24. The number of benzene rings is 3. The van der Waals surface area contributed by atoms with Crippen LogP contribution in [0.4, 0.5) is 11.5 Å². The van der Waals surface area contributed by atoms with Crippen molar-refractivity contribution in [1.29, 1.82) is 0 Å². The molecule has 5 rings (SSSR count). The van der Waals surface area contributed by atoms with Crippen LogP contribution in [0.25, 0.3) is 5.82 Å². The minimum Gasteiger partial charge on any atom is -0.493 e. The fourth-order valence-electron chi connectivity index (χ4n) is 4.02. The molecule has 42 heavy (non-hydrogen) atoms. The highest BCUT2D eigenvalue weighted by molar-refractivity contribution is 9.10. The number of para-hydroxylation sites is 1. The average molecular weight is 632 g/mol. The van der Waals surface area contributed by atoms with Gasteiger partial charge in [0.1, 0.15) is 6.61 Å². The Hall–Kier alpha value is -5.24. The third-order valence-electron chi connectivity index (χ3n) is 6.01. The van der Waals surface area contributed by atoms with Crippen LogP contribution >= 0.6 is 15.9 Å². The van der Waals surface area contributed by atoms with E-state index in [0.29, 0.717) is 33.8 Å². The zero-order valence-corrected chi connectivity index (χ0v) is 24.2. The molecule has 2 heterocycles. The van der Waals surface area contributed by atoms with Gasteiger partial charge in [-0.2, -0.15) is 9.78 Å². The van der Waals surface area contributed by atoms with Crippen LogP contribution in [0.15, 0.2) is 80.9 Å². The van der Waals surface area contributed by atoms with Gasteiger partial charge >= 0.3 is 0 Å². The minimum absolute atomic E-state index is 0.00308. The van der Waals surface area contributed by atoms with Gasteiger partial charge in [-0.3, -0.25) is 4.79 Å². The molecule has 14 heteroatoms. The standard InChI is InChI=1S/C28H26BrN9O4/c1-17-7-6-8-18(11-17)16-41-25-21(29)12-19(13-23(25)40-2)14-32-34-28(39)24-22(15-31-20-9-4-3-5-10-20)38(37-33-24)27-26(30)35-42-36-27/h3-14,31H,15-16H2,1-2H3,(H2,30,35)(H,34,39). The SMILES string of the molecule is COc1cc(C=NNC(=O)c2nnn(-c3nonc3N)c2CNc2ccccc2)cc(Br)c1OCc1cccc(C)c1. The third-order valence-corrected chi connectivity index (χ3v) is 6.59. The first-order valence-electron chi connectivity index (χ1n) is 12.6. The number of aromatic nitrogens is 5. The maximum absolute atomic E-state index is 13.1. The van der Waals surface area contributed by atoms with Crippen molar-refractivity contribution in [2.45, 2.75) is 20.1 Å². The molecule has 0 saturated carbocycles. The van der Waals surface area contributed by atoms with Crippen molar-refractivity contribution in [3.8, 4) is 17.3 Å². The van der Waals surface area contributed by atoms with Gasteiger partial charge in [0.15, 0.2) is 17.2 Å². The van der Waals surface area contributed by atoms with Crippen molar-refractivity contribution < 1.29 is 18.9 Å². The molecule has 0 aliphatic rings. The highest BCUT2D eigenvalue weighted by Crippen LogP contribution is 2.37. The van der Waals surface area contributed by atoms with E-state index in [1.807, 2.05) is 55.5 Å². The number of nitrogens with zero attached hydrogens (tertiary/aromatic N) is 6. The summed E-state index contributed by atoms with van der Waals surface area (Å²) in [6.07, 6.45) is 1.47. The maximum atomic E-state index is 13.1. The zero-order valence-electron chi connectivity index (χ0n) is 22.6. The van der Waals surface area contributed by atoms with Crippen LogP contribution in [0, 0.1) is 6.92 Å². The number of ether oxygens (including phenoxy) is 2. The predicted molar refractivity (Wildman–Crippen MR) is 159 cm³/mol. The van der Waals surface area contributed by atoms with E-state index in [0.717, 1.165) is 16.8 Å². The fourth-order valence-corrected chi connectivity index (χ4v) is 4.59. The second-order valence-corrected chi connectivity index (χ2v) is 9.85. The second-order valence-electron chi connectivity index (χ2n) is 9.00. The number of aryl methyl sites for hydroxylation is 1. The molecule has 0 saturated heterocycles. The molecule has 4 N–H and O–H groups in total. The lowest BCUT2D eigenvalue weighted by Crippen LogP contribution is -2.21. The van der Waals surface area contributed by atoms with Crippen molar-refractivity contribution in [2.75, 3.05) is 18.2 Å². The van der Waals surface area contributed by atoms with Crippen LogP contribution in [0.1, 0.15) is 32.9 Å². The summed E-state index contributed by atoms with van der Waals surface area (Å²) in [4.78, 5) is 13.1. The molecule has 214 valence electrons. The maximum Gasteiger partial charge on any atom is 0.293 e. The smallest absolute Gasteiger partial charge is 0.293 e. The van der Waals surface area contributed by atoms with Gasteiger partial charge in [-0.25, -0.2) is 10.1 Å². The molecule has 0 aliphatic heterocycles. The van der Waals surface area contributed by atoms with E-state index in [1.165, 1.54) is 10.9 Å². The van der Waals surface area contributed by atoms with E-state index < -0.39 is 5.91 Å². The number of hydrogen-bond acceptors (Lipinski definition) is 11. The van der Waals surface area contributed by atoms with E-state index >= 15 is 0 Å². The van der Waals surface area contributed by atoms with Crippen molar-refractivity contribution in [3.63, 3.8) is 0 Å². The topological polar surface area (TPSA) is 168 Å². The molecule has 13 nitrogen and oxygen atoms in total. The molecule has 0 aliphatic carbocycles. The van der Waals surface area contributed by atoms with Gasteiger partial charge in [0.05, 0.1) is 30.0 Å². The van der Waals surface area contributed by atoms with E-state index in [1.54, 1.807) is 19.2 Å². The quantitative estimate of drug-likeness (QED) is 0.141. The van der Waals surface area contributed by atoms with Gasteiger partial charge < -0.3 is 20.5 Å². The van der Waals surface area contributed by atoms with E-state index in [-0.39, 0.29) is 23.9 Å². The summed E-state index contributed by atoms with van der Waals surface area (Å²) in [5.74, 6) is 0.560. The number of hydrogen-bond donors (Lipinski definition) is 3. The molecule has 3 aromatic carbocycles. The summed E-state index contributed by atoms with van der Waals surface area (Å²) in [6.45, 7) is 2.57. The van der Waals surface area contributed by atoms with Gasteiger partial charge in [-0.1, -0.05) is 53.2 Å². The molecule has 0 bridgehead atoms. The van der Waals surface area contributed by atoms with Crippen molar-refractivity contribution in [1.82, 2.24) is 30.7 Å². The van der Waals surface area contributed by atoms with E-state index in [9.17, 15) is 4.79 Å². The first-order valence-corrected chi connectivity index (χ1v) is 13.4. The Morgan fingerprint density at radius 2 is 1.98 bits per heavy atom. The van der Waals surface area contributed by atoms with Crippen LogP contribution in [0.2, 0.25) is 0 Å². The summed E-state index contributed by atoms with van der Waals surface area (Å²) >= 11 is 3.55. The molecule has 0 atom stereocenters. The number of nitrogen functional groups attached to an aromatic ring is 1. The zero-order chi connectivity index (χ0) is 29.5. The lowest BCUT2D eigenvalue weighted by atomic mass is 10.1. The molecule has 2 aromatic heterocycles. The van der Waals surface area contributed by atoms with Crippen LogP contribution in [-0.4, -0.2) is 44.5 Å². The highest BCUT2D eigenvalue weighted by atomic mass is 79.9. The Balaban J connectivity index is 1.31. The average Bonchev–Trinajstić information content (AvgIpc) is 3.61. The largest absolute Gasteiger partial charge is 0.493 e. The van der Waals surface area contributed by atoms with Gasteiger partial charge in [-0.05, 0) is 68.6 Å². The van der Waals surface area contributed by atoms with Crippen molar-refractivity contribution in [3.05, 3.63) is 99.3 Å². The Kier molecular flexibility index (Phi) is 8.72. The van der Waals surface area contributed by atoms with Gasteiger partial charge in [0.25, 0.3) is 5.91 Å². The number of anilines is 2. The van der Waals surface area contributed by atoms with Crippen molar-refractivity contribution >= 4 is 39.6 Å². The normalized spacial score (nSPS) is 11.0. The number of halogens is 1. The number of hydrazone groups is 1. The summed E-state index contributed by atoms with van der Waals surface area (Å²) < 4.78 is 18.2. The third kappa shape index (κ3) is 6.55. The Labute approximate surface area is 248 Å². The molecule has 0 fully saturated rings. The van der Waals surface area contributed by atoms with Crippen LogP contribution in [0.5, 0.6) is 11.5 Å². The van der Waals surface area contributed by atoms with Crippen LogP contribution in [0.3, 0.4) is 0 Å². The molecular weight excluding hydrogens is 606 g/mol. The Morgan fingerprint density at radius 3 is 2.71 bits per heavy atom. The molecule has 1 amide bonds. The fraction of sp³-hybridized carbons (Fsp3) is 0.143. The lowest BCUT2D eigenvalue weighted by Gasteiger charge is -2.14. The molecular formula is C28H26BrN9O4. The predicted octanol–water partition coefficient (Wildman–Crippen LogP) is 4.27. The summed E-state index contributed by atoms with van der Waals surface area (Å²) in [5, 5.41) is 22.8. The molecule has 0 spiro atoms. The Morgan fingerprint density at radius 1 is 1.14 bits per heavy atom. The first kappa shape index (κ1) is 28.3. The monoisotopic (exact) mass is 631 g/mol. The number of methoxy groups -OCH3 is 1.